The monoisotopic (exact) mass is 383 g/mol. The first-order chi connectivity index (χ1) is 9.70. The number of aromatic nitrogens is 1. The van der Waals surface area contributed by atoms with Gasteiger partial charge in [0.2, 0.25) is 0 Å². The van der Waals surface area contributed by atoms with Crippen molar-refractivity contribution in [2.45, 2.75) is 32.6 Å². The maximum atomic E-state index is 12.2. The second kappa shape index (κ2) is 6.11. The van der Waals surface area contributed by atoms with Gasteiger partial charge in [-0.1, -0.05) is 60.7 Å². The Kier molecular flexibility index (Phi) is 4.81. The van der Waals surface area contributed by atoms with E-state index in [2.05, 4.69) is 59.8 Å². The molecule has 1 aromatic carbocycles. The predicted octanol–water partition coefficient (Wildman–Crippen LogP) is 4.42. The smallest absolute Gasteiger partial charge is 0.265 e. The highest BCUT2D eigenvalue weighted by molar-refractivity contribution is 9.10. The van der Waals surface area contributed by atoms with Gasteiger partial charge in [-0.2, -0.15) is 0 Å². The number of benzene rings is 1. The van der Waals surface area contributed by atoms with Gasteiger partial charge < -0.3 is 4.57 Å². The minimum atomic E-state index is -1.30. The first-order valence-corrected chi connectivity index (χ1v) is 11.5. The maximum absolute atomic E-state index is 12.2. The van der Waals surface area contributed by atoms with E-state index in [1.54, 1.807) is 16.8 Å². The molecule has 0 saturated heterocycles. The lowest BCUT2D eigenvalue weighted by Crippen LogP contribution is -2.37. The van der Waals surface area contributed by atoms with Crippen LogP contribution in [0.3, 0.4) is 0 Å². The lowest BCUT2D eigenvalue weighted by atomic mass is 10.1. The summed E-state index contributed by atoms with van der Waals surface area (Å²) in [6.45, 7) is 8.98. The van der Waals surface area contributed by atoms with Gasteiger partial charge in [0.15, 0.2) is 0 Å². The van der Waals surface area contributed by atoms with Crippen LogP contribution >= 0.6 is 27.5 Å². The molecule has 0 saturated carbocycles. The molecular formula is C16H19BrClNOSi. The van der Waals surface area contributed by atoms with Crippen molar-refractivity contribution in [1.82, 2.24) is 4.57 Å². The average Bonchev–Trinajstić information content (AvgIpc) is 2.41. The Balaban J connectivity index is 2.41. The van der Waals surface area contributed by atoms with E-state index in [4.69, 9.17) is 11.6 Å². The number of hydrogen-bond acceptors (Lipinski definition) is 1. The highest BCUT2D eigenvalue weighted by Gasteiger charge is 2.17. The van der Waals surface area contributed by atoms with E-state index in [1.807, 2.05) is 6.92 Å². The summed E-state index contributed by atoms with van der Waals surface area (Å²) in [6, 6.07) is 10.2. The molecule has 0 aliphatic carbocycles. The van der Waals surface area contributed by atoms with E-state index >= 15 is 0 Å². The Morgan fingerprint density at radius 1 is 1.19 bits per heavy atom. The van der Waals surface area contributed by atoms with Crippen LogP contribution in [0, 0.1) is 0 Å². The quantitative estimate of drug-likeness (QED) is 0.718. The zero-order chi connectivity index (χ0) is 15.8. The van der Waals surface area contributed by atoms with Crippen molar-refractivity contribution in [1.29, 1.82) is 0 Å². The molecular weight excluding hydrogens is 366 g/mol. The number of hydrogen-bond donors (Lipinski definition) is 0. The van der Waals surface area contributed by atoms with Crippen LogP contribution in [0.5, 0.6) is 0 Å². The highest BCUT2D eigenvalue weighted by atomic mass is 79.9. The molecule has 21 heavy (non-hydrogen) atoms. The van der Waals surface area contributed by atoms with Crippen molar-refractivity contribution >= 4 is 40.8 Å². The molecule has 0 amide bonds. The van der Waals surface area contributed by atoms with Crippen molar-refractivity contribution in [3.05, 3.63) is 61.9 Å². The topological polar surface area (TPSA) is 22.0 Å². The molecule has 1 heterocycles. The number of pyridine rings is 1. The fourth-order valence-electron chi connectivity index (χ4n) is 2.24. The fourth-order valence-corrected chi connectivity index (χ4v) is 4.21. The molecule has 1 unspecified atom stereocenters. The predicted molar refractivity (Wildman–Crippen MR) is 96.6 cm³/mol. The van der Waals surface area contributed by atoms with E-state index in [0.717, 1.165) is 5.56 Å². The molecule has 0 spiro atoms. The van der Waals surface area contributed by atoms with Crippen LogP contribution in [0.1, 0.15) is 18.5 Å². The molecule has 0 aliphatic heterocycles. The molecule has 5 heteroatoms. The van der Waals surface area contributed by atoms with Crippen LogP contribution in [0.25, 0.3) is 0 Å². The van der Waals surface area contributed by atoms with Gasteiger partial charge >= 0.3 is 0 Å². The largest absolute Gasteiger partial charge is 0.306 e. The number of nitrogens with zero attached hydrogens (tertiary/aromatic N) is 1. The number of rotatable bonds is 3. The van der Waals surface area contributed by atoms with Gasteiger partial charge in [0.05, 0.1) is 23.6 Å². The van der Waals surface area contributed by atoms with E-state index in [1.165, 1.54) is 5.19 Å². The molecule has 1 atom stereocenters. The molecule has 0 bridgehead atoms. The Labute approximate surface area is 139 Å². The minimum absolute atomic E-state index is 0.0526. The van der Waals surface area contributed by atoms with Crippen LogP contribution in [0.4, 0.5) is 0 Å². The summed E-state index contributed by atoms with van der Waals surface area (Å²) in [7, 11) is -1.30. The second-order valence-corrected chi connectivity index (χ2v) is 12.6. The molecule has 2 nitrogen and oxygen atoms in total. The van der Waals surface area contributed by atoms with E-state index in [0.29, 0.717) is 9.50 Å². The zero-order valence-electron chi connectivity index (χ0n) is 12.7. The van der Waals surface area contributed by atoms with Gasteiger partial charge in [-0.05, 0) is 34.5 Å². The minimum Gasteiger partial charge on any atom is -0.306 e. The van der Waals surface area contributed by atoms with Gasteiger partial charge in [0.1, 0.15) is 0 Å². The normalized spacial score (nSPS) is 13.2. The summed E-state index contributed by atoms with van der Waals surface area (Å²) >= 11 is 9.32. The average molecular weight is 385 g/mol. The summed E-state index contributed by atoms with van der Waals surface area (Å²) in [5.41, 5.74) is 1.04. The Bertz CT molecular complexity index is 704. The zero-order valence-corrected chi connectivity index (χ0v) is 16.0. The van der Waals surface area contributed by atoms with Crippen LogP contribution < -0.4 is 10.7 Å². The van der Waals surface area contributed by atoms with Crippen molar-refractivity contribution in [2.75, 3.05) is 0 Å². The third-order valence-electron chi connectivity index (χ3n) is 3.64. The van der Waals surface area contributed by atoms with Crippen LogP contribution in [0.15, 0.2) is 45.8 Å². The van der Waals surface area contributed by atoms with Crippen molar-refractivity contribution in [3.8, 4) is 0 Å². The molecule has 0 N–H and O–H groups in total. The summed E-state index contributed by atoms with van der Waals surface area (Å²) in [4.78, 5) is 12.2. The Morgan fingerprint density at radius 2 is 1.76 bits per heavy atom. The molecule has 1 aromatic heterocycles. The van der Waals surface area contributed by atoms with E-state index in [-0.39, 0.29) is 11.6 Å². The Morgan fingerprint density at radius 3 is 2.29 bits per heavy atom. The maximum Gasteiger partial charge on any atom is 0.265 e. The summed E-state index contributed by atoms with van der Waals surface area (Å²) in [5.74, 6) is 0. The third-order valence-corrected chi connectivity index (χ3v) is 6.48. The fraction of sp³-hybridized carbons (Fsp3) is 0.312. The molecule has 0 radical (unpaired) electrons. The highest BCUT2D eigenvalue weighted by Crippen LogP contribution is 2.20. The van der Waals surface area contributed by atoms with Gasteiger partial charge in [-0.15, -0.1) is 0 Å². The summed E-state index contributed by atoms with van der Waals surface area (Å²) < 4.78 is 2.15. The van der Waals surface area contributed by atoms with E-state index in [9.17, 15) is 4.79 Å². The first-order valence-electron chi connectivity index (χ1n) is 6.88. The van der Waals surface area contributed by atoms with Gasteiger partial charge in [0.25, 0.3) is 5.56 Å². The summed E-state index contributed by atoms with van der Waals surface area (Å²) in [5, 5.41) is 1.96. The van der Waals surface area contributed by atoms with Gasteiger partial charge in [0, 0.05) is 6.20 Å². The molecule has 2 aromatic rings. The van der Waals surface area contributed by atoms with Crippen molar-refractivity contribution in [2.24, 2.45) is 0 Å². The van der Waals surface area contributed by atoms with Gasteiger partial charge in [-0.3, -0.25) is 4.79 Å². The number of halogens is 2. The molecule has 0 aliphatic rings. The van der Waals surface area contributed by atoms with Crippen molar-refractivity contribution in [3.63, 3.8) is 0 Å². The van der Waals surface area contributed by atoms with Gasteiger partial charge in [-0.25, -0.2) is 0 Å². The van der Waals surface area contributed by atoms with Crippen molar-refractivity contribution < 1.29 is 0 Å². The molecule has 0 fully saturated rings. The molecule has 112 valence electrons. The lowest BCUT2D eigenvalue weighted by molar-refractivity contribution is 0.612. The molecule has 2 rings (SSSR count). The second-order valence-electron chi connectivity index (χ2n) is 6.27. The summed E-state index contributed by atoms with van der Waals surface area (Å²) in [6.07, 6.45) is 1.69. The SMILES string of the molecule is CC(c1ccc([Si](C)(C)C)cc1)n1cc(Cl)cc(Br)c1=O. The third kappa shape index (κ3) is 3.68. The Hall–Kier alpha value is -0.843. The standard InChI is InChI=1S/C16H19BrClNOSi/c1-11(19-10-13(18)9-15(17)16(19)20)12-5-7-14(8-6-12)21(2,3)4/h5-11H,1-4H3. The first kappa shape index (κ1) is 16.5. The van der Waals surface area contributed by atoms with E-state index < -0.39 is 8.07 Å². The van der Waals surface area contributed by atoms with Crippen LogP contribution in [0.2, 0.25) is 24.7 Å². The lowest BCUT2D eigenvalue weighted by Gasteiger charge is -2.20. The van der Waals surface area contributed by atoms with Crippen LogP contribution in [-0.2, 0) is 0 Å². The van der Waals surface area contributed by atoms with Crippen LogP contribution in [-0.4, -0.2) is 12.6 Å².